The number of nitrogens with one attached hydrogen (secondary N) is 1. The zero-order valence-corrected chi connectivity index (χ0v) is 11.2. The lowest BCUT2D eigenvalue weighted by molar-refractivity contribution is -0.141. The van der Waals surface area contributed by atoms with Gasteiger partial charge in [0.1, 0.15) is 6.04 Å². The molecular weight excluding hydrogens is 262 g/mol. The zero-order chi connectivity index (χ0) is 14.5. The fraction of sp³-hybridized carbons (Fsp3) is 0.429. The second-order valence-electron chi connectivity index (χ2n) is 4.55. The Bertz CT molecular complexity index is 514. The van der Waals surface area contributed by atoms with E-state index in [2.05, 4.69) is 5.32 Å². The Morgan fingerprint density at radius 2 is 2.10 bits per heavy atom. The Balaban J connectivity index is 1.85. The number of carboxylic acid groups (broad SMARTS) is 1. The van der Waals surface area contributed by atoms with Gasteiger partial charge in [0.05, 0.1) is 0 Å². The van der Waals surface area contributed by atoms with Gasteiger partial charge in [-0.2, -0.15) is 0 Å². The van der Waals surface area contributed by atoms with E-state index in [0.717, 1.165) is 5.56 Å². The first-order chi connectivity index (χ1) is 9.60. The van der Waals surface area contributed by atoms with Crippen LogP contribution in [0.5, 0.6) is 11.5 Å². The maximum atomic E-state index is 11.7. The molecule has 1 aromatic rings. The standard InChI is InChI=1S/C14H17NO5/c1-2-10(14(17)18)15-13(16)6-4-9-3-5-11-12(7-9)20-8-19-11/h3,5,7,10H,2,4,6,8H2,1H3,(H,15,16)(H,17,18)/t10-/m0/s1. The summed E-state index contributed by atoms with van der Waals surface area (Å²) in [7, 11) is 0. The van der Waals surface area contributed by atoms with Crippen LogP contribution in [0.25, 0.3) is 0 Å². The predicted molar refractivity (Wildman–Crippen MR) is 70.7 cm³/mol. The van der Waals surface area contributed by atoms with Crippen LogP contribution in [-0.2, 0) is 16.0 Å². The van der Waals surface area contributed by atoms with Gasteiger partial charge in [-0.05, 0) is 30.5 Å². The number of amides is 1. The van der Waals surface area contributed by atoms with Crippen molar-refractivity contribution in [3.05, 3.63) is 23.8 Å². The SMILES string of the molecule is CC[C@H](NC(=O)CCc1ccc2c(c1)OCO2)C(=O)O. The molecule has 1 aliphatic rings. The van der Waals surface area contributed by atoms with E-state index in [9.17, 15) is 9.59 Å². The number of aliphatic carboxylic acids is 1. The minimum Gasteiger partial charge on any atom is -0.480 e. The van der Waals surface area contributed by atoms with Crippen molar-refractivity contribution in [3.63, 3.8) is 0 Å². The highest BCUT2D eigenvalue weighted by atomic mass is 16.7. The van der Waals surface area contributed by atoms with Crippen molar-refractivity contribution >= 4 is 11.9 Å². The average molecular weight is 279 g/mol. The van der Waals surface area contributed by atoms with Crippen LogP contribution >= 0.6 is 0 Å². The Hall–Kier alpha value is -2.24. The van der Waals surface area contributed by atoms with Crippen LogP contribution in [0.3, 0.4) is 0 Å². The normalized spacial score (nSPS) is 13.8. The van der Waals surface area contributed by atoms with Gasteiger partial charge in [-0.3, -0.25) is 4.79 Å². The number of hydrogen-bond donors (Lipinski definition) is 2. The predicted octanol–water partition coefficient (Wildman–Crippen LogP) is 1.33. The molecule has 1 heterocycles. The average Bonchev–Trinajstić information content (AvgIpc) is 2.89. The molecule has 6 heteroatoms. The molecule has 1 amide bonds. The van der Waals surface area contributed by atoms with E-state index in [1.807, 2.05) is 18.2 Å². The van der Waals surface area contributed by atoms with Gasteiger partial charge in [-0.1, -0.05) is 13.0 Å². The van der Waals surface area contributed by atoms with Gasteiger partial charge < -0.3 is 19.9 Å². The monoisotopic (exact) mass is 279 g/mol. The van der Waals surface area contributed by atoms with E-state index in [0.29, 0.717) is 24.3 Å². The van der Waals surface area contributed by atoms with Gasteiger partial charge in [0.2, 0.25) is 12.7 Å². The number of aryl methyl sites for hydroxylation is 1. The van der Waals surface area contributed by atoms with Gasteiger partial charge in [0.25, 0.3) is 0 Å². The molecule has 20 heavy (non-hydrogen) atoms. The summed E-state index contributed by atoms with van der Waals surface area (Å²) in [6, 6.07) is 4.69. The fourth-order valence-corrected chi connectivity index (χ4v) is 1.96. The van der Waals surface area contributed by atoms with E-state index in [1.54, 1.807) is 6.92 Å². The molecule has 0 bridgehead atoms. The molecule has 0 radical (unpaired) electrons. The van der Waals surface area contributed by atoms with Crippen molar-refractivity contribution in [2.75, 3.05) is 6.79 Å². The number of fused-ring (bicyclic) bond motifs is 1. The van der Waals surface area contributed by atoms with E-state index in [1.165, 1.54) is 0 Å². The van der Waals surface area contributed by atoms with Gasteiger partial charge in [-0.25, -0.2) is 4.79 Å². The van der Waals surface area contributed by atoms with Crippen molar-refractivity contribution < 1.29 is 24.2 Å². The fourth-order valence-electron chi connectivity index (χ4n) is 1.96. The van der Waals surface area contributed by atoms with Crippen LogP contribution in [0, 0.1) is 0 Å². The molecule has 0 aromatic heterocycles. The molecule has 2 N–H and O–H groups in total. The molecule has 1 aliphatic heterocycles. The maximum Gasteiger partial charge on any atom is 0.326 e. The molecule has 6 nitrogen and oxygen atoms in total. The first-order valence-electron chi connectivity index (χ1n) is 6.51. The summed E-state index contributed by atoms with van der Waals surface area (Å²) in [5.41, 5.74) is 0.952. The van der Waals surface area contributed by atoms with Crippen LogP contribution < -0.4 is 14.8 Å². The molecule has 1 aromatic carbocycles. The summed E-state index contributed by atoms with van der Waals surface area (Å²) in [5.74, 6) is 0.107. The molecule has 0 saturated carbocycles. The lowest BCUT2D eigenvalue weighted by Crippen LogP contribution is -2.40. The van der Waals surface area contributed by atoms with Crippen LogP contribution in [0.2, 0.25) is 0 Å². The molecular formula is C14H17NO5. The Labute approximate surface area is 116 Å². The number of rotatable bonds is 6. The third-order valence-corrected chi connectivity index (χ3v) is 3.12. The number of carboxylic acids is 1. The summed E-state index contributed by atoms with van der Waals surface area (Å²) in [4.78, 5) is 22.5. The molecule has 2 rings (SSSR count). The lowest BCUT2D eigenvalue weighted by Gasteiger charge is -2.12. The quantitative estimate of drug-likeness (QED) is 0.820. The molecule has 108 valence electrons. The lowest BCUT2D eigenvalue weighted by atomic mass is 10.1. The molecule has 0 spiro atoms. The number of hydrogen-bond acceptors (Lipinski definition) is 4. The van der Waals surface area contributed by atoms with Crippen LogP contribution in [0.15, 0.2) is 18.2 Å². The second-order valence-corrected chi connectivity index (χ2v) is 4.55. The number of benzene rings is 1. The Kier molecular flexibility index (Phi) is 4.45. The van der Waals surface area contributed by atoms with E-state index >= 15 is 0 Å². The molecule has 0 fully saturated rings. The third kappa shape index (κ3) is 3.40. The van der Waals surface area contributed by atoms with Gasteiger partial charge in [-0.15, -0.1) is 0 Å². The highest BCUT2D eigenvalue weighted by molar-refractivity contribution is 5.83. The Morgan fingerprint density at radius 3 is 2.80 bits per heavy atom. The number of carbonyl (C=O) groups is 2. The maximum absolute atomic E-state index is 11.7. The highest BCUT2D eigenvalue weighted by Crippen LogP contribution is 2.32. The molecule has 0 unspecified atom stereocenters. The molecule has 0 saturated heterocycles. The summed E-state index contributed by atoms with van der Waals surface area (Å²) >= 11 is 0. The van der Waals surface area contributed by atoms with Gasteiger partial charge in [0.15, 0.2) is 11.5 Å². The molecule has 1 atom stereocenters. The largest absolute Gasteiger partial charge is 0.480 e. The van der Waals surface area contributed by atoms with Crippen LogP contribution in [0.1, 0.15) is 25.3 Å². The molecule has 0 aliphatic carbocycles. The Morgan fingerprint density at radius 1 is 1.35 bits per heavy atom. The van der Waals surface area contributed by atoms with Gasteiger partial charge >= 0.3 is 5.97 Å². The van der Waals surface area contributed by atoms with Crippen molar-refractivity contribution in [2.45, 2.75) is 32.2 Å². The number of ether oxygens (including phenoxy) is 2. The van der Waals surface area contributed by atoms with Crippen molar-refractivity contribution in [1.82, 2.24) is 5.32 Å². The van der Waals surface area contributed by atoms with Crippen LogP contribution in [0.4, 0.5) is 0 Å². The van der Waals surface area contributed by atoms with Crippen LogP contribution in [-0.4, -0.2) is 29.8 Å². The number of carbonyl (C=O) groups excluding carboxylic acids is 1. The zero-order valence-electron chi connectivity index (χ0n) is 11.2. The minimum atomic E-state index is -1.01. The summed E-state index contributed by atoms with van der Waals surface area (Å²) in [6.07, 6.45) is 1.13. The first kappa shape index (κ1) is 14.2. The smallest absolute Gasteiger partial charge is 0.326 e. The summed E-state index contributed by atoms with van der Waals surface area (Å²) < 4.78 is 10.5. The topological polar surface area (TPSA) is 84.9 Å². The summed E-state index contributed by atoms with van der Waals surface area (Å²) in [6.45, 7) is 1.94. The summed E-state index contributed by atoms with van der Waals surface area (Å²) in [5, 5.41) is 11.4. The first-order valence-corrected chi connectivity index (χ1v) is 6.51. The third-order valence-electron chi connectivity index (χ3n) is 3.12. The van der Waals surface area contributed by atoms with E-state index in [-0.39, 0.29) is 19.1 Å². The van der Waals surface area contributed by atoms with Crippen molar-refractivity contribution in [2.24, 2.45) is 0 Å². The van der Waals surface area contributed by atoms with E-state index < -0.39 is 12.0 Å². The van der Waals surface area contributed by atoms with Gasteiger partial charge in [0, 0.05) is 6.42 Å². The van der Waals surface area contributed by atoms with Crippen molar-refractivity contribution in [1.29, 1.82) is 0 Å². The van der Waals surface area contributed by atoms with Crippen molar-refractivity contribution in [3.8, 4) is 11.5 Å². The van der Waals surface area contributed by atoms with E-state index in [4.69, 9.17) is 14.6 Å². The highest BCUT2D eigenvalue weighted by Gasteiger charge is 2.18. The minimum absolute atomic E-state index is 0.218. The second kappa shape index (κ2) is 6.27.